The summed E-state index contributed by atoms with van der Waals surface area (Å²) in [7, 11) is 1.79. The fourth-order valence-corrected chi connectivity index (χ4v) is 2.13. The Balaban J connectivity index is 2.30. The Bertz CT molecular complexity index is 227. The molecule has 0 aromatic carbocycles. The van der Waals surface area contributed by atoms with E-state index in [0.29, 0.717) is 12.6 Å². The lowest BCUT2D eigenvalue weighted by molar-refractivity contribution is -0.121. The molecule has 94 valence electrons. The zero-order valence-corrected chi connectivity index (χ0v) is 11.0. The van der Waals surface area contributed by atoms with Crippen molar-refractivity contribution in [2.45, 2.75) is 45.2 Å². The first-order valence-corrected chi connectivity index (χ1v) is 6.12. The molecule has 0 radical (unpaired) electrons. The average Bonchev–Trinajstić information content (AvgIpc) is 2.17. The van der Waals surface area contributed by atoms with Gasteiger partial charge in [-0.1, -0.05) is 0 Å². The molecule has 0 saturated carbocycles. The normalized spacial score (nSPS) is 19.8. The summed E-state index contributed by atoms with van der Waals surface area (Å²) in [4.78, 5) is 13.9. The third kappa shape index (κ3) is 4.10. The van der Waals surface area contributed by atoms with Crippen LogP contribution >= 0.6 is 0 Å². The number of nitrogens with one attached hydrogen (secondary N) is 2. The van der Waals surface area contributed by atoms with E-state index in [0.717, 1.165) is 25.9 Å². The summed E-state index contributed by atoms with van der Waals surface area (Å²) in [5.41, 5.74) is 0.250. The fourth-order valence-electron chi connectivity index (χ4n) is 2.13. The van der Waals surface area contributed by atoms with E-state index in [9.17, 15) is 4.79 Å². The van der Waals surface area contributed by atoms with Crippen LogP contribution in [0.1, 0.15) is 33.6 Å². The second kappa shape index (κ2) is 5.64. The van der Waals surface area contributed by atoms with Gasteiger partial charge in [-0.25, -0.2) is 0 Å². The van der Waals surface area contributed by atoms with Gasteiger partial charge in [-0.15, -0.1) is 0 Å². The summed E-state index contributed by atoms with van der Waals surface area (Å²) in [6.45, 7) is 9.30. The second-order valence-electron chi connectivity index (χ2n) is 5.53. The molecule has 1 rings (SSSR count). The molecule has 1 heterocycles. The smallest absolute Gasteiger partial charge is 0.234 e. The number of carbonyl (C=O) groups excluding carboxylic acids is 1. The van der Waals surface area contributed by atoms with Crippen LogP contribution in [0.2, 0.25) is 0 Å². The first-order valence-electron chi connectivity index (χ1n) is 6.12. The molecule has 1 saturated heterocycles. The number of rotatable bonds is 3. The van der Waals surface area contributed by atoms with Gasteiger partial charge < -0.3 is 10.6 Å². The number of piperidine rings is 1. The monoisotopic (exact) mass is 227 g/mol. The number of amides is 1. The highest BCUT2D eigenvalue weighted by atomic mass is 16.1. The Morgan fingerprint density at radius 3 is 2.31 bits per heavy atom. The van der Waals surface area contributed by atoms with Crippen molar-refractivity contribution in [1.82, 2.24) is 15.5 Å². The van der Waals surface area contributed by atoms with Gasteiger partial charge in [-0.05, 0) is 40.7 Å². The maximum Gasteiger partial charge on any atom is 0.234 e. The van der Waals surface area contributed by atoms with Gasteiger partial charge in [0, 0.05) is 24.7 Å². The van der Waals surface area contributed by atoms with Crippen molar-refractivity contribution in [1.29, 1.82) is 0 Å². The van der Waals surface area contributed by atoms with Crippen LogP contribution in [0, 0.1) is 0 Å². The van der Waals surface area contributed by atoms with Gasteiger partial charge in [0.1, 0.15) is 0 Å². The molecule has 1 amide bonds. The molecule has 4 nitrogen and oxygen atoms in total. The van der Waals surface area contributed by atoms with Crippen molar-refractivity contribution >= 4 is 5.91 Å². The van der Waals surface area contributed by atoms with Crippen LogP contribution in [0.25, 0.3) is 0 Å². The molecule has 1 fully saturated rings. The van der Waals surface area contributed by atoms with Crippen molar-refractivity contribution in [3.05, 3.63) is 0 Å². The highest BCUT2D eigenvalue weighted by Gasteiger charge is 2.27. The topological polar surface area (TPSA) is 44.4 Å². The molecule has 2 N–H and O–H groups in total. The van der Waals surface area contributed by atoms with Crippen molar-refractivity contribution in [3.63, 3.8) is 0 Å². The Morgan fingerprint density at radius 1 is 1.31 bits per heavy atom. The maximum absolute atomic E-state index is 11.4. The lowest BCUT2D eigenvalue weighted by atomic mass is 9.98. The van der Waals surface area contributed by atoms with E-state index in [1.807, 2.05) is 0 Å². The largest absolute Gasteiger partial charge is 0.352 e. The van der Waals surface area contributed by atoms with Crippen LogP contribution in [0.4, 0.5) is 0 Å². The molecule has 0 atom stereocenters. The quantitative estimate of drug-likeness (QED) is 0.741. The van der Waals surface area contributed by atoms with Crippen LogP contribution in [0.3, 0.4) is 0 Å². The van der Waals surface area contributed by atoms with Gasteiger partial charge in [-0.3, -0.25) is 9.69 Å². The number of likely N-dealkylation sites (N-methyl/N-ethyl adjacent to an activating group) is 1. The van der Waals surface area contributed by atoms with E-state index in [-0.39, 0.29) is 11.4 Å². The summed E-state index contributed by atoms with van der Waals surface area (Å²) < 4.78 is 0. The van der Waals surface area contributed by atoms with E-state index in [2.05, 4.69) is 36.3 Å². The lowest BCUT2D eigenvalue weighted by Gasteiger charge is -2.41. The van der Waals surface area contributed by atoms with Crippen LogP contribution in [0.5, 0.6) is 0 Å². The van der Waals surface area contributed by atoms with Gasteiger partial charge >= 0.3 is 0 Å². The lowest BCUT2D eigenvalue weighted by Crippen LogP contribution is -2.51. The molecule has 0 unspecified atom stereocenters. The van der Waals surface area contributed by atoms with Gasteiger partial charge in [0.25, 0.3) is 0 Å². The van der Waals surface area contributed by atoms with Gasteiger partial charge in [0.05, 0.1) is 6.54 Å². The average molecular weight is 227 g/mol. The summed E-state index contributed by atoms with van der Waals surface area (Å²) in [6.07, 6.45) is 2.12. The highest BCUT2D eigenvalue weighted by Crippen LogP contribution is 2.19. The van der Waals surface area contributed by atoms with E-state index in [1.165, 1.54) is 0 Å². The molecule has 1 aliphatic heterocycles. The molecule has 0 spiro atoms. The zero-order valence-electron chi connectivity index (χ0n) is 11.0. The molecular weight excluding hydrogens is 202 g/mol. The number of carbonyl (C=O) groups is 1. The summed E-state index contributed by atoms with van der Waals surface area (Å²) >= 11 is 0. The molecule has 0 aromatic heterocycles. The van der Waals surface area contributed by atoms with E-state index in [1.54, 1.807) is 7.05 Å². The Morgan fingerprint density at radius 2 is 1.88 bits per heavy atom. The van der Waals surface area contributed by atoms with Gasteiger partial charge in [-0.2, -0.15) is 0 Å². The molecule has 4 heteroatoms. The van der Waals surface area contributed by atoms with E-state index >= 15 is 0 Å². The second-order valence-corrected chi connectivity index (χ2v) is 5.53. The Kier molecular flexibility index (Phi) is 4.74. The first-order chi connectivity index (χ1) is 7.43. The number of nitrogens with zero attached hydrogens (tertiary/aromatic N) is 1. The van der Waals surface area contributed by atoms with E-state index in [4.69, 9.17) is 0 Å². The molecule has 0 aromatic rings. The summed E-state index contributed by atoms with van der Waals surface area (Å²) in [6, 6.07) is 0.361. The molecule has 16 heavy (non-hydrogen) atoms. The predicted molar refractivity (Wildman–Crippen MR) is 66.4 cm³/mol. The molecular formula is C12H25N3O. The SMILES string of the molecule is CNCC(=O)NC1CCN(C(C)(C)C)CC1. The minimum atomic E-state index is 0.108. The van der Waals surface area contributed by atoms with Crippen LogP contribution in [-0.2, 0) is 4.79 Å². The summed E-state index contributed by atoms with van der Waals surface area (Å²) in [5, 5.41) is 5.93. The third-order valence-corrected chi connectivity index (χ3v) is 3.15. The number of likely N-dealkylation sites (tertiary alicyclic amines) is 1. The van der Waals surface area contributed by atoms with Gasteiger partial charge in [0.15, 0.2) is 0 Å². The van der Waals surface area contributed by atoms with Crippen LogP contribution < -0.4 is 10.6 Å². The highest BCUT2D eigenvalue weighted by molar-refractivity contribution is 5.78. The Hall–Kier alpha value is -0.610. The molecule has 0 aliphatic carbocycles. The number of hydrogen-bond acceptors (Lipinski definition) is 3. The fraction of sp³-hybridized carbons (Fsp3) is 0.917. The zero-order chi connectivity index (χ0) is 12.2. The standard InChI is InChI=1S/C12H25N3O/c1-12(2,3)15-7-5-10(6-8-15)14-11(16)9-13-4/h10,13H,5-9H2,1-4H3,(H,14,16). The van der Waals surface area contributed by atoms with Crippen LogP contribution in [-0.4, -0.2) is 49.1 Å². The molecule has 1 aliphatic rings. The summed E-state index contributed by atoms with van der Waals surface area (Å²) in [5.74, 6) is 0.108. The van der Waals surface area contributed by atoms with Crippen molar-refractivity contribution < 1.29 is 4.79 Å². The van der Waals surface area contributed by atoms with Crippen molar-refractivity contribution in [2.75, 3.05) is 26.7 Å². The minimum absolute atomic E-state index is 0.108. The van der Waals surface area contributed by atoms with Gasteiger partial charge in [0.2, 0.25) is 5.91 Å². The van der Waals surface area contributed by atoms with Crippen molar-refractivity contribution in [2.24, 2.45) is 0 Å². The Labute approximate surface area is 98.8 Å². The maximum atomic E-state index is 11.4. The predicted octanol–water partition coefficient (Wildman–Crippen LogP) is 0.585. The van der Waals surface area contributed by atoms with Crippen molar-refractivity contribution in [3.8, 4) is 0 Å². The minimum Gasteiger partial charge on any atom is -0.352 e. The first kappa shape index (κ1) is 13.5. The number of hydrogen-bond donors (Lipinski definition) is 2. The molecule has 0 bridgehead atoms. The third-order valence-electron chi connectivity index (χ3n) is 3.15. The van der Waals surface area contributed by atoms with E-state index < -0.39 is 0 Å². The van der Waals surface area contributed by atoms with Crippen LogP contribution in [0.15, 0.2) is 0 Å².